The van der Waals surface area contributed by atoms with E-state index < -0.39 is 36.4 Å². The smallest absolute Gasteiger partial charge is 0.407 e. The molecule has 0 spiro atoms. The Labute approximate surface area is 281 Å². The Balaban J connectivity index is 1.28. The Morgan fingerprint density at radius 2 is 1.74 bits per heavy atom. The summed E-state index contributed by atoms with van der Waals surface area (Å²) < 4.78 is 17.0. The fourth-order valence-electron chi connectivity index (χ4n) is 6.21. The molecule has 11 nitrogen and oxygen atoms in total. The van der Waals surface area contributed by atoms with E-state index in [4.69, 9.17) is 14.2 Å². The number of fused-ring (bicyclic) bond motifs is 1. The van der Waals surface area contributed by atoms with Gasteiger partial charge in [-0.1, -0.05) is 74.5 Å². The van der Waals surface area contributed by atoms with E-state index in [0.717, 1.165) is 22.4 Å². The van der Waals surface area contributed by atoms with Gasteiger partial charge in [-0.15, -0.1) is 11.3 Å². The summed E-state index contributed by atoms with van der Waals surface area (Å²) in [4.78, 5) is 32.3. The van der Waals surface area contributed by atoms with Crippen LogP contribution in [0.3, 0.4) is 0 Å². The summed E-state index contributed by atoms with van der Waals surface area (Å²) in [7, 11) is 1.91. The molecule has 3 aromatic rings. The van der Waals surface area contributed by atoms with Crippen LogP contribution in [0.4, 0.5) is 4.79 Å². The zero-order chi connectivity index (χ0) is 33.2. The van der Waals surface area contributed by atoms with Gasteiger partial charge in [-0.2, -0.15) is 0 Å². The van der Waals surface area contributed by atoms with Crippen molar-refractivity contribution in [2.75, 3.05) is 20.3 Å². The molecule has 1 aromatic heterocycles. The first-order chi connectivity index (χ1) is 22.7. The zero-order valence-corrected chi connectivity index (χ0v) is 28.1. The number of nitrogens with zero attached hydrogens (tertiary/aromatic N) is 2. The maximum atomic E-state index is 13.8. The van der Waals surface area contributed by atoms with Gasteiger partial charge in [-0.05, 0) is 42.7 Å². The third-order valence-corrected chi connectivity index (χ3v) is 9.46. The summed E-state index contributed by atoms with van der Waals surface area (Å²) in [6.45, 7) is 5.47. The molecular formula is C35H47N5O6S. The number of rotatable bonds is 16. The molecule has 2 fully saturated rings. The van der Waals surface area contributed by atoms with Crippen LogP contribution < -0.4 is 16.1 Å². The maximum absolute atomic E-state index is 13.8. The normalized spacial score (nSPS) is 21.6. The lowest BCUT2D eigenvalue weighted by molar-refractivity contribution is -0.126. The molecule has 12 heteroatoms. The number of carbonyl (C=O) groups is 2. The molecule has 3 heterocycles. The summed E-state index contributed by atoms with van der Waals surface area (Å²) in [5.74, 6) is -0.161. The lowest BCUT2D eigenvalue weighted by Gasteiger charge is -2.31. The number of aliphatic hydroxyl groups is 1. The predicted octanol–water partition coefficient (Wildman–Crippen LogP) is 3.68. The van der Waals surface area contributed by atoms with Crippen molar-refractivity contribution in [2.45, 2.75) is 82.7 Å². The molecule has 2 amide bonds. The van der Waals surface area contributed by atoms with Crippen LogP contribution >= 0.6 is 11.3 Å². The van der Waals surface area contributed by atoms with Crippen LogP contribution in [-0.2, 0) is 38.4 Å². The quantitative estimate of drug-likeness (QED) is 0.169. The molecule has 0 aliphatic carbocycles. The van der Waals surface area contributed by atoms with Crippen LogP contribution in [0.15, 0.2) is 72.4 Å². The Kier molecular flexibility index (Phi) is 12.7. The number of ether oxygens (including phenoxy) is 3. The number of benzene rings is 2. The standard InChI is InChI=1S/C35H47N5O6S/c1-23(2)32(39-40(3)20-27-19-36-22-47-27)33(42)37-26(16-24-10-6-4-7-11-24)18-30(41)29(17-25-12-8-5-9-13-25)38-35(43)46-31-21-45-34-28(31)14-15-44-34/h4-13,19,22-23,26,28-32,34,39,41H,14-18,20-21H2,1-3H3,(H,37,42)(H,38,43)/t26-,28?,29-,30-,31-,32+,34?/m0/s1. The second kappa shape index (κ2) is 17.1. The first-order valence-electron chi connectivity index (χ1n) is 16.4. The van der Waals surface area contributed by atoms with Crippen molar-refractivity contribution in [3.8, 4) is 0 Å². The van der Waals surface area contributed by atoms with Crippen LogP contribution in [0.5, 0.6) is 0 Å². The largest absolute Gasteiger partial charge is 0.443 e. The third-order valence-electron chi connectivity index (χ3n) is 8.69. The number of nitrogens with one attached hydrogen (secondary N) is 3. The van der Waals surface area contributed by atoms with Gasteiger partial charge < -0.3 is 30.0 Å². The number of carbonyl (C=O) groups excluding carboxylic acids is 2. The van der Waals surface area contributed by atoms with Crippen molar-refractivity contribution in [1.82, 2.24) is 26.1 Å². The van der Waals surface area contributed by atoms with Crippen LogP contribution in [0.25, 0.3) is 0 Å². The molecule has 47 heavy (non-hydrogen) atoms. The highest BCUT2D eigenvalue weighted by Gasteiger charge is 2.44. The lowest BCUT2D eigenvalue weighted by atomic mass is 9.93. The number of aromatic nitrogens is 1. The van der Waals surface area contributed by atoms with Crippen LogP contribution in [0.2, 0.25) is 0 Å². The van der Waals surface area contributed by atoms with Gasteiger partial charge in [0.2, 0.25) is 5.91 Å². The van der Waals surface area contributed by atoms with Crippen molar-refractivity contribution < 1.29 is 28.9 Å². The molecule has 2 aromatic carbocycles. The average Bonchev–Trinajstić information content (AvgIpc) is 3.81. The minimum Gasteiger partial charge on any atom is -0.443 e. The average molecular weight is 666 g/mol. The molecule has 0 radical (unpaired) electrons. The second-order valence-corrected chi connectivity index (χ2v) is 13.8. The van der Waals surface area contributed by atoms with Crippen molar-refractivity contribution in [1.29, 1.82) is 0 Å². The number of thiazole rings is 1. The maximum Gasteiger partial charge on any atom is 0.407 e. The Hall–Kier alpha value is -3.39. The second-order valence-electron chi connectivity index (χ2n) is 12.8. The molecule has 5 rings (SSSR count). The van der Waals surface area contributed by atoms with Gasteiger partial charge in [0.15, 0.2) is 6.29 Å². The van der Waals surface area contributed by atoms with Crippen molar-refractivity contribution in [3.05, 3.63) is 88.4 Å². The fourth-order valence-corrected chi connectivity index (χ4v) is 6.85. The molecule has 0 bridgehead atoms. The van der Waals surface area contributed by atoms with Crippen LogP contribution in [0.1, 0.15) is 42.7 Å². The monoisotopic (exact) mass is 665 g/mol. The Morgan fingerprint density at radius 1 is 1.04 bits per heavy atom. The highest BCUT2D eigenvalue weighted by atomic mass is 32.1. The Bertz CT molecular complexity index is 1380. The van der Waals surface area contributed by atoms with E-state index in [1.165, 1.54) is 0 Å². The Morgan fingerprint density at radius 3 is 2.40 bits per heavy atom. The number of amides is 2. The van der Waals surface area contributed by atoms with E-state index in [0.29, 0.717) is 26.0 Å². The summed E-state index contributed by atoms with van der Waals surface area (Å²) in [6, 6.07) is 18.0. The van der Waals surface area contributed by atoms with Gasteiger partial charge in [0.1, 0.15) is 12.1 Å². The molecular weight excluding hydrogens is 618 g/mol. The van der Waals surface area contributed by atoms with Crippen LogP contribution in [-0.4, -0.2) is 84.0 Å². The highest BCUT2D eigenvalue weighted by molar-refractivity contribution is 7.09. The highest BCUT2D eigenvalue weighted by Crippen LogP contribution is 2.33. The number of aliphatic hydroxyl groups excluding tert-OH is 1. The molecule has 4 N–H and O–H groups in total. The van der Waals surface area contributed by atoms with E-state index in [1.807, 2.05) is 92.8 Å². The van der Waals surface area contributed by atoms with Gasteiger partial charge in [0.25, 0.3) is 0 Å². The van der Waals surface area contributed by atoms with Crippen molar-refractivity contribution in [2.24, 2.45) is 11.8 Å². The molecule has 2 saturated heterocycles. The lowest BCUT2D eigenvalue weighted by Crippen LogP contribution is -2.56. The van der Waals surface area contributed by atoms with Gasteiger partial charge in [0, 0.05) is 30.7 Å². The topological polar surface area (TPSA) is 134 Å². The zero-order valence-electron chi connectivity index (χ0n) is 27.3. The van der Waals surface area contributed by atoms with Gasteiger partial charge >= 0.3 is 6.09 Å². The summed E-state index contributed by atoms with van der Waals surface area (Å²) in [5.41, 5.74) is 7.13. The minimum absolute atomic E-state index is 0.00657. The number of hydrazine groups is 1. The summed E-state index contributed by atoms with van der Waals surface area (Å²) in [6.07, 6.45) is 1.36. The van der Waals surface area contributed by atoms with Crippen LogP contribution in [0, 0.1) is 11.8 Å². The molecule has 2 unspecified atom stereocenters. The third kappa shape index (κ3) is 10.3. The van der Waals surface area contributed by atoms with E-state index in [1.54, 1.807) is 16.8 Å². The SMILES string of the molecule is CC(C)[C@@H](NN(C)Cc1cncs1)C(=O)N[C@@H](Cc1ccccc1)C[C@H](O)[C@H](Cc1ccccc1)NC(=O)O[C@H]1COC2OCCC21. The van der Waals surface area contributed by atoms with E-state index in [2.05, 4.69) is 21.0 Å². The van der Waals surface area contributed by atoms with Crippen molar-refractivity contribution >= 4 is 23.3 Å². The molecule has 0 saturated carbocycles. The summed E-state index contributed by atoms with van der Waals surface area (Å²) >= 11 is 1.56. The van der Waals surface area contributed by atoms with E-state index in [-0.39, 0.29) is 37.1 Å². The van der Waals surface area contributed by atoms with Gasteiger partial charge in [0.05, 0.1) is 36.8 Å². The summed E-state index contributed by atoms with van der Waals surface area (Å²) in [5, 5.41) is 19.8. The van der Waals surface area contributed by atoms with Crippen molar-refractivity contribution in [3.63, 3.8) is 0 Å². The predicted molar refractivity (Wildman–Crippen MR) is 179 cm³/mol. The van der Waals surface area contributed by atoms with E-state index >= 15 is 0 Å². The number of hydrogen-bond acceptors (Lipinski definition) is 10. The van der Waals surface area contributed by atoms with Gasteiger partial charge in [-0.25, -0.2) is 15.2 Å². The van der Waals surface area contributed by atoms with E-state index in [9.17, 15) is 14.7 Å². The minimum atomic E-state index is -0.987. The molecule has 254 valence electrons. The first-order valence-corrected chi connectivity index (χ1v) is 17.2. The number of alkyl carbamates (subject to hydrolysis) is 1. The number of hydrogen-bond donors (Lipinski definition) is 4. The molecule has 2 aliphatic rings. The fraction of sp³-hybridized carbons (Fsp3) is 0.514. The first kappa shape index (κ1) is 34.9. The molecule has 2 aliphatic heterocycles. The molecule has 7 atom stereocenters. The van der Waals surface area contributed by atoms with Gasteiger partial charge in [-0.3, -0.25) is 9.78 Å².